The second-order valence-corrected chi connectivity index (χ2v) is 8.31. The number of rotatable bonds is 4. The minimum atomic E-state index is -0.841. The molecule has 1 fully saturated rings. The maximum atomic E-state index is 13.1. The number of hydrogen-bond acceptors (Lipinski definition) is 5. The van der Waals surface area contributed by atoms with E-state index in [0.29, 0.717) is 23.0 Å². The fourth-order valence-corrected chi connectivity index (χ4v) is 4.52. The lowest BCUT2D eigenvalue weighted by Gasteiger charge is -2.51. The Balaban J connectivity index is 1.44. The topological polar surface area (TPSA) is 97.6 Å². The van der Waals surface area contributed by atoms with Gasteiger partial charge in [0.2, 0.25) is 5.88 Å². The second kappa shape index (κ2) is 7.87. The van der Waals surface area contributed by atoms with Crippen molar-refractivity contribution in [3.63, 3.8) is 0 Å². The van der Waals surface area contributed by atoms with E-state index in [2.05, 4.69) is 15.7 Å². The number of anilines is 1. The fraction of sp³-hybridized carbons (Fsp3) is 0.333. The Morgan fingerprint density at radius 2 is 1.91 bits per heavy atom. The van der Waals surface area contributed by atoms with Crippen molar-refractivity contribution in [2.75, 3.05) is 12.4 Å². The van der Waals surface area contributed by atoms with E-state index in [9.17, 15) is 9.90 Å². The van der Waals surface area contributed by atoms with Gasteiger partial charge in [-0.1, -0.05) is 36.4 Å². The third-order valence-electron chi connectivity index (χ3n) is 6.41. The van der Waals surface area contributed by atoms with Crippen LogP contribution in [-0.4, -0.2) is 39.7 Å². The van der Waals surface area contributed by atoms with E-state index in [1.807, 2.05) is 61.5 Å². The van der Waals surface area contributed by atoms with Gasteiger partial charge in [-0.2, -0.15) is 0 Å². The Kier molecular flexibility index (Phi) is 5.01. The van der Waals surface area contributed by atoms with E-state index in [1.54, 1.807) is 11.8 Å². The Hall–Kier alpha value is -3.52. The van der Waals surface area contributed by atoms with Crippen LogP contribution in [0.25, 0.3) is 5.69 Å². The highest BCUT2D eigenvalue weighted by Crippen LogP contribution is 2.48. The summed E-state index contributed by atoms with van der Waals surface area (Å²) in [5.74, 6) is 1.63. The molecule has 2 aromatic carbocycles. The minimum absolute atomic E-state index is 0.425. The van der Waals surface area contributed by atoms with E-state index >= 15 is 0 Å². The Morgan fingerprint density at radius 3 is 2.59 bits per heavy atom. The molecule has 2 aliphatic rings. The summed E-state index contributed by atoms with van der Waals surface area (Å²) in [6, 6.07) is 16.0. The van der Waals surface area contributed by atoms with Gasteiger partial charge in [-0.15, -0.1) is 5.10 Å². The molecule has 2 amide bonds. The van der Waals surface area contributed by atoms with Gasteiger partial charge in [0.1, 0.15) is 23.3 Å². The molecule has 8 nitrogen and oxygen atoms in total. The summed E-state index contributed by atoms with van der Waals surface area (Å²) in [4.78, 5) is 13.1. The predicted octanol–water partition coefficient (Wildman–Crippen LogP) is 3.73. The third kappa shape index (κ3) is 3.27. The molecule has 3 aromatic rings. The molecular formula is C24H26N4O4. The molecule has 2 atom stereocenters. The number of carbonyl (C=O) groups excluding carboxylic acids is 1. The van der Waals surface area contributed by atoms with E-state index in [4.69, 9.17) is 9.47 Å². The van der Waals surface area contributed by atoms with Crippen LogP contribution < -0.4 is 20.1 Å². The van der Waals surface area contributed by atoms with Crippen LogP contribution in [0.4, 0.5) is 10.6 Å². The number of nitrogens with one attached hydrogen (secondary N) is 2. The first-order chi connectivity index (χ1) is 15.5. The van der Waals surface area contributed by atoms with Crippen molar-refractivity contribution < 1.29 is 19.4 Å². The molecule has 1 aliphatic carbocycles. The van der Waals surface area contributed by atoms with Crippen molar-refractivity contribution in [1.82, 2.24) is 15.1 Å². The van der Waals surface area contributed by atoms with Crippen molar-refractivity contribution in [2.24, 2.45) is 0 Å². The number of para-hydroxylation sites is 2. The number of fused-ring (bicyclic) bond motifs is 1. The Labute approximate surface area is 186 Å². The zero-order valence-electron chi connectivity index (χ0n) is 18.0. The van der Waals surface area contributed by atoms with Crippen LogP contribution in [0.15, 0.2) is 54.6 Å². The number of carbonyl (C=O) groups is 1. The maximum Gasteiger partial charge on any atom is 0.320 e. The molecule has 8 heteroatoms. The molecule has 1 aromatic heterocycles. The molecule has 5 rings (SSSR count). The monoisotopic (exact) mass is 434 g/mol. The quantitative estimate of drug-likeness (QED) is 0.581. The minimum Gasteiger partial charge on any atom is -0.484 e. The van der Waals surface area contributed by atoms with Crippen molar-refractivity contribution in [2.45, 2.75) is 43.9 Å². The van der Waals surface area contributed by atoms with Crippen molar-refractivity contribution in [1.29, 1.82) is 0 Å². The zero-order chi connectivity index (χ0) is 22.3. The van der Waals surface area contributed by atoms with Gasteiger partial charge in [0.25, 0.3) is 0 Å². The van der Waals surface area contributed by atoms with Crippen LogP contribution in [0, 0.1) is 6.92 Å². The number of nitrogens with zero attached hydrogens (tertiary/aromatic N) is 2. The van der Waals surface area contributed by atoms with Gasteiger partial charge in [-0.25, -0.2) is 9.48 Å². The number of methoxy groups -OCH3 is 1. The smallest absolute Gasteiger partial charge is 0.320 e. The number of urea groups is 1. The third-order valence-corrected chi connectivity index (χ3v) is 6.41. The highest BCUT2D eigenvalue weighted by Gasteiger charge is 2.53. The van der Waals surface area contributed by atoms with E-state index in [-0.39, 0.29) is 0 Å². The molecule has 2 heterocycles. The predicted molar refractivity (Wildman–Crippen MR) is 119 cm³/mol. The average molecular weight is 434 g/mol. The first kappa shape index (κ1) is 20.4. The molecule has 3 N–H and O–H groups in total. The number of ether oxygens (including phenoxy) is 2. The van der Waals surface area contributed by atoms with Gasteiger partial charge in [0.15, 0.2) is 0 Å². The fourth-order valence-electron chi connectivity index (χ4n) is 4.52. The normalized spacial score (nSPS) is 20.6. The van der Waals surface area contributed by atoms with Gasteiger partial charge in [0, 0.05) is 5.56 Å². The molecule has 0 saturated heterocycles. The number of aliphatic hydroxyl groups excluding tert-OH is 1. The lowest BCUT2D eigenvalue weighted by molar-refractivity contribution is -0.130. The summed E-state index contributed by atoms with van der Waals surface area (Å²) in [6.07, 6.45) is 1.68. The summed E-state index contributed by atoms with van der Waals surface area (Å²) in [6.45, 7) is 1.84. The highest BCUT2D eigenvalue weighted by atomic mass is 16.5. The summed E-state index contributed by atoms with van der Waals surface area (Å²) in [5.41, 5.74) is 1.62. The summed E-state index contributed by atoms with van der Waals surface area (Å²) in [5, 5.41) is 21.5. The Bertz CT molecular complexity index is 1140. The van der Waals surface area contributed by atoms with Gasteiger partial charge in [-0.05, 0) is 44.4 Å². The number of hydrogen-bond donors (Lipinski definition) is 3. The van der Waals surface area contributed by atoms with Gasteiger partial charge in [-0.3, -0.25) is 5.32 Å². The van der Waals surface area contributed by atoms with Crippen molar-refractivity contribution in [3.05, 3.63) is 65.7 Å². The highest BCUT2D eigenvalue weighted by molar-refractivity contribution is 5.90. The molecule has 0 radical (unpaired) electrons. The van der Waals surface area contributed by atoms with Crippen LogP contribution in [0.2, 0.25) is 0 Å². The number of benzene rings is 2. The van der Waals surface area contributed by atoms with Crippen LogP contribution in [-0.2, 0) is 0 Å². The number of aliphatic hydroxyl groups is 1. The second-order valence-electron chi connectivity index (χ2n) is 8.31. The van der Waals surface area contributed by atoms with Gasteiger partial charge < -0.3 is 19.9 Å². The molecule has 166 valence electrons. The van der Waals surface area contributed by atoms with Crippen molar-refractivity contribution >= 4 is 11.8 Å². The molecular weight excluding hydrogens is 408 g/mol. The van der Waals surface area contributed by atoms with E-state index in [1.165, 1.54) is 0 Å². The van der Waals surface area contributed by atoms with Crippen LogP contribution >= 0.6 is 0 Å². The standard InChI is InChI=1S/C24H26N4O4/c1-15-21(28(27-22(15)31-2)16-9-4-3-5-10-16)26-23(30)25-19-17-11-6-7-12-18(17)32-24(20(19)29)13-8-14-24/h3-7,9-12,19-20,29H,8,13-14H2,1-2H3,(H2,25,26,30). The number of amides is 2. The lowest BCUT2D eigenvalue weighted by Crippen LogP contribution is -2.60. The van der Waals surface area contributed by atoms with Gasteiger partial charge in [0.05, 0.1) is 24.4 Å². The molecule has 0 bridgehead atoms. The molecule has 32 heavy (non-hydrogen) atoms. The van der Waals surface area contributed by atoms with Gasteiger partial charge >= 0.3 is 6.03 Å². The first-order valence-electron chi connectivity index (χ1n) is 10.7. The average Bonchev–Trinajstić information content (AvgIpc) is 3.10. The van der Waals surface area contributed by atoms with E-state index < -0.39 is 23.8 Å². The summed E-state index contributed by atoms with van der Waals surface area (Å²) < 4.78 is 13.2. The Morgan fingerprint density at radius 1 is 1.19 bits per heavy atom. The maximum absolute atomic E-state index is 13.1. The van der Waals surface area contributed by atoms with E-state index in [0.717, 1.165) is 30.5 Å². The first-order valence-corrected chi connectivity index (χ1v) is 10.7. The SMILES string of the molecule is COc1nn(-c2ccccc2)c(NC(=O)NC2c3ccccc3OC3(CCC3)C2O)c1C. The molecule has 2 unspecified atom stereocenters. The lowest BCUT2D eigenvalue weighted by atomic mass is 9.71. The van der Waals surface area contributed by atoms with Crippen LogP contribution in [0.5, 0.6) is 11.6 Å². The zero-order valence-corrected chi connectivity index (χ0v) is 18.0. The molecule has 1 aliphatic heterocycles. The summed E-state index contributed by atoms with van der Waals surface area (Å²) in [7, 11) is 1.54. The van der Waals surface area contributed by atoms with Crippen LogP contribution in [0.3, 0.4) is 0 Å². The van der Waals surface area contributed by atoms with Crippen LogP contribution in [0.1, 0.15) is 36.4 Å². The summed E-state index contributed by atoms with van der Waals surface area (Å²) >= 11 is 0. The molecule has 1 spiro atoms. The number of aromatic nitrogens is 2. The largest absolute Gasteiger partial charge is 0.484 e. The molecule has 1 saturated carbocycles. The van der Waals surface area contributed by atoms with Crippen molar-refractivity contribution in [3.8, 4) is 17.3 Å².